The fourth-order valence-electron chi connectivity index (χ4n) is 3.35. The Balaban J connectivity index is 1.37. The van der Waals surface area contributed by atoms with Gasteiger partial charge in [-0.1, -0.05) is 26.0 Å². The Morgan fingerprint density at radius 3 is 2.50 bits per heavy atom. The van der Waals surface area contributed by atoms with E-state index in [1.54, 1.807) is 4.90 Å². The molecule has 1 unspecified atom stereocenters. The maximum Gasteiger partial charge on any atom is 0.319 e. The van der Waals surface area contributed by atoms with Gasteiger partial charge in [-0.05, 0) is 54.3 Å². The molecule has 1 saturated heterocycles. The second-order valence-electron chi connectivity index (χ2n) is 7.75. The number of hydrogen-bond donors (Lipinski definition) is 2. The van der Waals surface area contributed by atoms with Crippen LogP contribution in [-0.4, -0.2) is 42.6 Å². The number of hydrogen-bond acceptors (Lipinski definition) is 3. The summed E-state index contributed by atoms with van der Waals surface area (Å²) in [7, 11) is 0. The minimum Gasteiger partial charge on any atom is -0.493 e. The predicted octanol–water partition coefficient (Wildman–Crippen LogP) is 4.14. The number of likely N-dealkylation sites (tertiary alicyclic amines) is 1. The number of rotatable bonds is 7. The molecule has 3 rings (SSSR count). The average molecular weight is 413 g/mol. The SMILES string of the molecule is CC(C)c1ccc(OCCC(=O)N2CCC(NC(=O)Nc3ccc(F)cc3)C2)cc1. The van der Waals surface area contributed by atoms with Crippen LogP contribution in [0.3, 0.4) is 0 Å². The molecule has 0 radical (unpaired) electrons. The second kappa shape index (κ2) is 10.1. The quantitative estimate of drug-likeness (QED) is 0.717. The van der Waals surface area contributed by atoms with Crippen molar-refractivity contribution < 1.29 is 18.7 Å². The van der Waals surface area contributed by atoms with Crippen LogP contribution in [0.4, 0.5) is 14.9 Å². The van der Waals surface area contributed by atoms with Crippen molar-refractivity contribution in [2.45, 2.75) is 38.6 Å². The normalized spacial score (nSPS) is 15.9. The van der Waals surface area contributed by atoms with E-state index in [4.69, 9.17) is 4.74 Å². The number of ether oxygens (including phenoxy) is 1. The van der Waals surface area contributed by atoms with Crippen molar-refractivity contribution in [2.75, 3.05) is 25.0 Å². The Labute approximate surface area is 176 Å². The summed E-state index contributed by atoms with van der Waals surface area (Å²) in [4.78, 5) is 26.2. The van der Waals surface area contributed by atoms with Crippen molar-refractivity contribution in [2.24, 2.45) is 0 Å². The topological polar surface area (TPSA) is 70.7 Å². The highest BCUT2D eigenvalue weighted by molar-refractivity contribution is 5.89. The van der Waals surface area contributed by atoms with Gasteiger partial charge in [-0.15, -0.1) is 0 Å². The molecule has 0 bridgehead atoms. The number of nitrogens with zero attached hydrogens (tertiary/aromatic N) is 1. The molecule has 6 nitrogen and oxygen atoms in total. The number of anilines is 1. The lowest BCUT2D eigenvalue weighted by Crippen LogP contribution is -2.40. The van der Waals surface area contributed by atoms with E-state index >= 15 is 0 Å². The molecule has 160 valence electrons. The first-order chi connectivity index (χ1) is 14.4. The zero-order chi connectivity index (χ0) is 21.5. The Morgan fingerprint density at radius 2 is 1.83 bits per heavy atom. The zero-order valence-corrected chi connectivity index (χ0v) is 17.4. The summed E-state index contributed by atoms with van der Waals surface area (Å²) in [6.07, 6.45) is 0.987. The van der Waals surface area contributed by atoms with Gasteiger partial charge < -0.3 is 20.3 Å². The molecule has 2 N–H and O–H groups in total. The van der Waals surface area contributed by atoms with Crippen molar-refractivity contribution in [3.05, 3.63) is 59.9 Å². The van der Waals surface area contributed by atoms with Gasteiger partial charge in [-0.2, -0.15) is 0 Å². The largest absolute Gasteiger partial charge is 0.493 e. The predicted molar refractivity (Wildman–Crippen MR) is 114 cm³/mol. The average Bonchev–Trinajstić information content (AvgIpc) is 3.18. The van der Waals surface area contributed by atoms with Crippen LogP contribution in [0.2, 0.25) is 0 Å². The standard InChI is InChI=1S/C23H28FN3O3/c1-16(2)17-3-9-21(10-4-17)30-14-12-22(28)27-13-11-20(15-27)26-23(29)25-19-7-5-18(24)6-8-19/h3-10,16,20H,11-15H2,1-2H3,(H2,25,26,29). The molecule has 1 fully saturated rings. The van der Waals surface area contributed by atoms with Crippen LogP contribution in [0.25, 0.3) is 0 Å². The lowest BCUT2D eigenvalue weighted by molar-refractivity contribution is -0.130. The lowest BCUT2D eigenvalue weighted by Gasteiger charge is -2.17. The van der Waals surface area contributed by atoms with Gasteiger partial charge in [0.2, 0.25) is 5.91 Å². The van der Waals surface area contributed by atoms with Crippen LogP contribution < -0.4 is 15.4 Å². The highest BCUT2D eigenvalue weighted by Gasteiger charge is 2.27. The highest BCUT2D eigenvalue weighted by atomic mass is 19.1. The molecule has 0 saturated carbocycles. The van der Waals surface area contributed by atoms with Gasteiger partial charge in [-0.25, -0.2) is 9.18 Å². The third kappa shape index (κ3) is 6.20. The number of nitrogens with one attached hydrogen (secondary N) is 2. The molecular formula is C23H28FN3O3. The summed E-state index contributed by atoms with van der Waals surface area (Å²) in [6, 6.07) is 13.0. The Hall–Kier alpha value is -3.09. The molecular weight excluding hydrogens is 385 g/mol. The summed E-state index contributed by atoms with van der Waals surface area (Å²) in [5, 5.41) is 5.52. The highest BCUT2D eigenvalue weighted by Crippen LogP contribution is 2.19. The van der Waals surface area contributed by atoms with E-state index in [2.05, 4.69) is 24.5 Å². The van der Waals surface area contributed by atoms with Crippen LogP contribution in [0.5, 0.6) is 5.75 Å². The number of halogens is 1. The summed E-state index contributed by atoms with van der Waals surface area (Å²) < 4.78 is 18.6. The van der Waals surface area contributed by atoms with E-state index in [0.29, 0.717) is 44.1 Å². The minimum atomic E-state index is -0.367. The first-order valence-electron chi connectivity index (χ1n) is 10.2. The lowest BCUT2D eigenvalue weighted by atomic mass is 10.0. The van der Waals surface area contributed by atoms with E-state index in [-0.39, 0.29) is 23.8 Å². The molecule has 0 aromatic heterocycles. The van der Waals surface area contributed by atoms with Crippen molar-refractivity contribution in [1.82, 2.24) is 10.2 Å². The fourth-order valence-corrected chi connectivity index (χ4v) is 3.35. The van der Waals surface area contributed by atoms with Gasteiger partial charge in [0.15, 0.2) is 0 Å². The van der Waals surface area contributed by atoms with E-state index in [1.807, 2.05) is 24.3 Å². The Kier molecular flexibility index (Phi) is 7.27. The monoisotopic (exact) mass is 413 g/mol. The zero-order valence-electron chi connectivity index (χ0n) is 17.4. The number of carbonyl (C=O) groups excluding carboxylic acids is 2. The summed E-state index contributed by atoms with van der Waals surface area (Å²) in [5.41, 5.74) is 1.76. The van der Waals surface area contributed by atoms with Gasteiger partial charge in [0.25, 0.3) is 0 Å². The van der Waals surface area contributed by atoms with Crippen LogP contribution in [0.15, 0.2) is 48.5 Å². The van der Waals surface area contributed by atoms with Crippen LogP contribution >= 0.6 is 0 Å². The Morgan fingerprint density at radius 1 is 1.13 bits per heavy atom. The maximum atomic E-state index is 12.9. The summed E-state index contributed by atoms with van der Waals surface area (Å²) >= 11 is 0. The van der Waals surface area contributed by atoms with Gasteiger partial charge in [0.05, 0.1) is 13.0 Å². The van der Waals surface area contributed by atoms with Crippen LogP contribution in [-0.2, 0) is 4.79 Å². The molecule has 1 aliphatic rings. The van der Waals surface area contributed by atoms with Crippen LogP contribution in [0, 0.1) is 5.82 Å². The van der Waals surface area contributed by atoms with Gasteiger partial charge in [0, 0.05) is 24.8 Å². The molecule has 2 aromatic rings. The van der Waals surface area contributed by atoms with E-state index in [0.717, 1.165) is 5.75 Å². The van der Waals surface area contributed by atoms with E-state index < -0.39 is 0 Å². The number of benzene rings is 2. The minimum absolute atomic E-state index is 0.0112. The Bertz CT molecular complexity index is 853. The van der Waals surface area contributed by atoms with Gasteiger partial charge >= 0.3 is 6.03 Å². The molecule has 3 amide bonds. The number of amides is 3. The molecule has 1 heterocycles. The summed E-state index contributed by atoms with van der Waals surface area (Å²) in [5.74, 6) is 0.875. The van der Waals surface area contributed by atoms with Crippen molar-refractivity contribution >= 4 is 17.6 Å². The fraction of sp³-hybridized carbons (Fsp3) is 0.391. The molecule has 1 aliphatic heterocycles. The third-order valence-electron chi connectivity index (χ3n) is 5.11. The summed E-state index contributed by atoms with van der Waals surface area (Å²) in [6.45, 7) is 5.67. The molecule has 2 aromatic carbocycles. The van der Waals surface area contributed by atoms with Crippen molar-refractivity contribution in [3.8, 4) is 5.75 Å². The first-order valence-corrected chi connectivity index (χ1v) is 10.2. The molecule has 0 aliphatic carbocycles. The number of urea groups is 1. The first kappa shape index (κ1) is 21.6. The van der Waals surface area contributed by atoms with E-state index in [9.17, 15) is 14.0 Å². The van der Waals surface area contributed by atoms with Crippen LogP contribution in [0.1, 0.15) is 38.2 Å². The third-order valence-corrected chi connectivity index (χ3v) is 5.11. The molecule has 1 atom stereocenters. The second-order valence-corrected chi connectivity index (χ2v) is 7.75. The van der Waals surface area contributed by atoms with Gasteiger partial charge in [0.1, 0.15) is 11.6 Å². The smallest absolute Gasteiger partial charge is 0.319 e. The van der Waals surface area contributed by atoms with Crippen molar-refractivity contribution in [1.29, 1.82) is 0 Å². The molecule has 30 heavy (non-hydrogen) atoms. The van der Waals surface area contributed by atoms with Gasteiger partial charge in [-0.3, -0.25) is 4.79 Å². The number of carbonyl (C=O) groups is 2. The molecule has 0 spiro atoms. The van der Waals surface area contributed by atoms with Crippen molar-refractivity contribution in [3.63, 3.8) is 0 Å². The van der Waals surface area contributed by atoms with E-state index in [1.165, 1.54) is 29.8 Å². The molecule has 7 heteroatoms. The maximum absolute atomic E-state index is 12.9.